The van der Waals surface area contributed by atoms with Crippen LogP contribution in [0.15, 0.2) is 24.4 Å². The van der Waals surface area contributed by atoms with E-state index in [0.717, 1.165) is 51.5 Å². The second-order valence-corrected chi connectivity index (χ2v) is 6.92. The Hall–Kier alpha value is -1.62. The molecule has 5 nitrogen and oxygen atoms in total. The number of pyridine rings is 1. The highest BCUT2D eigenvalue weighted by Gasteiger charge is 2.42. The molecule has 0 bridgehead atoms. The fourth-order valence-corrected chi connectivity index (χ4v) is 4.20. The summed E-state index contributed by atoms with van der Waals surface area (Å²) in [6, 6.07) is 6.39. The maximum absolute atomic E-state index is 12.5. The van der Waals surface area contributed by atoms with Gasteiger partial charge in [-0.3, -0.25) is 9.88 Å². The average molecular weight is 300 g/mol. The number of amides is 2. The topological polar surface area (TPSA) is 39.7 Å². The molecule has 0 aromatic carbocycles. The Morgan fingerprint density at radius 1 is 1.05 bits per heavy atom. The van der Waals surface area contributed by atoms with Gasteiger partial charge in [-0.1, -0.05) is 6.07 Å². The van der Waals surface area contributed by atoms with Gasteiger partial charge in [-0.25, -0.2) is 4.79 Å². The zero-order valence-electron chi connectivity index (χ0n) is 13.0. The Bertz CT molecular complexity index is 515. The van der Waals surface area contributed by atoms with E-state index in [9.17, 15) is 4.79 Å². The molecule has 4 heterocycles. The fourth-order valence-electron chi connectivity index (χ4n) is 4.20. The lowest BCUT2D eigenvalue weighted by Gasteiger charge is -2.26. The molecule has 0 spiro atoms. The molecule has 3 fully saturated rings. The highest BCUT2D eigenvalue weighted by atomic mass is 16.2. The Labute approximate surface area is 131 Å². The van der Waals surface area contributed by atoms with E-state index in [1.165, 1.54) is 12.8 Å². The van der Waals surface area contributed by atoms with Crippen molar-refractivity contribution in [3.63, 3.8) is 0 Å². The molecule has 0 radical (unpaired) electrons. The minimum absolute atomic E-state index is 0.281. The van der Waals surface area contributed by atoms with Crippen molar-refractivity contribution in [2.45, 2.75) is 19.4 Å². The molecule has 3 saturated heterocycles. The van der Waals surface area contributed by atoms with Crippen molar-refractivity contribution < 1.29 is 4.79 Å². The van der Waals surface area contributed by atoms with Crippen LogP contribution in [0.3, 0.4) is 0 Å². The Kier molecular flexibility index (Phi) is 3.74. The van der Waals surface area contributed by atoms with Crippen LogP contribution in [0.25, 0.3) is 0 Å². The van der Waals surface area contributed by atoms with Crippen LogP contribution in [0.5, 0.6) is 0 Å². The normalized spacial score (nSPS) is 28.4. The van der Waals surface area contributed by atoms with E-state index in [2.05, 4.69) is 26.9 Å². The van der Waals surface area contributed by atoms with Gasteiger partial charge in [0.2, 0.25) is 0 Å². The number of carbonyl (C=O) groups is 1. The molecular formula is C17H24N4O. The Balaban J connectivity index is 1.31. The lowest BCUT2D eigenvalue weighted by Crippen LogP contribution is -2.41. The van der Waals surface area contributed by atoms with Crippen molar-refractivity contribution in [3.8, 4) is 0 Å². The average Bonchev–Trinajstić information content (AvgIpc) is 3.23. The maximum atomic E-state index is 12.5. The zero-order valence-corrected chi connectivity index (χ0v) is 13.0. The third-order valence-corrected chi connectivity index (χ3v) is 5.32. The van der Waals surface area contributed by atoms with Gasteiger partial charge in [0.05, 0.1) is 5.69 Å². The molecule has 5 heteroatoms. The van der Waals surface area contributed by atoms with Crippen molar-refractivity contribution in [1.82, 2.24) is 19.7 Å². The van der Waals surface area contributed by atoms with Crippen LogP contribution in [0.1, 0.15) is 18.5 Å². The fraction of sp³-hybridized carbons (Fsp3) is 0.647. The lowest BCUT2D eigenvalue weighted by atomic mass is 10.0. The second-order valence-electron chi connectivity index (χ2n) is 6.92. The van der Waals surface area contributed by atoms with Gasteiger partial charge in [0, 0.05) is 52.0 Å². The van der Waals surface area contributed by atoms with Crippen molar-refractivity contribution in [1.29, 1.82) is 0 Å². The molecule has 1 aromatic rings. The molecule has 0 aliphatic carbocycles. The van der Waals surface area contributed by atoms with Crippen LogP contribution < -0.4 is 0 Å². The molecule has 0 saturated carbocycles. The van der Waals surface area contributed by atoms with Crippen LogP contribution in [-0.2, 0) is 6.54 Å². The van der Waals surface area contributed by atoms with Crippen molar-refractivity contribution in [3.05, 3.63) is 30.1 Å². The zero-order chi connectivity index (χ0) is 14.9. The minimum atomic E-state index is 0.281. The number of nitrogens with zero attached hydrogens (tertiary/aromatic N) is 4. The quantitative estimate of drug-likeness (QED) is 0.834. The number of hydrogen-bond acceptors (Lipinski definition) is 3. The van der Waals surface area contributed by atoms with Crippen LogP contribution in [0.4, 0.5) is 4.79 Å². The van der Waals surface area contributed by atoms with E-state index in [1.807, 2.05) is 17.2 Å². The highest BCUT2D eigenvalue weighted by molar-refractivity contribution is 5.75. The summed E-state index contributed by atoms with van der Waals surface area (Å²) in [6.45, 7) is 6.94. The smallest absolute Gasteiger partial charge is 0.320 e. The lowest BCUT2D eigenvalue weighted by molar-refractivity contribution is 0.165. The monoisotopic (exact) mass is 300 g/mol. The van der Waals surface area contributed by atoms with E-state index in [4.69, 9.17) is 0 Å². The summed E-state index contributed by atoms with van der Waals surface area (Å²) in [5.41, 5.74) is 1.15. The largest absolute Gasteiger partial charge is 0.325 e. The van der Waals surface area contributed by atoms with Crippen LogP contribution in [0.2, 0.25) is 0 Å². The van der Waals surface area contributed by atoms with Gasteiger partial charge in [0.25, 0.3) is 0 Å². The molecule has 2 atom stereocenters. The number of hydrogen-bond donors (Lipinski definition) is 0. The third kappa shape index (κ3) is 2.70. The molecule has 2 amide bonds. The molecular weight excluding hydrogens is 276 g/mol. The summed E-state index contributed by atoms with van der Waals surface area (Å²) in [5, 5.41) is 0. The summed E-state index contributed by atoms with van der Waals surface area (Å²) in [5.74, 6) is 1.30. The van der Waals surface area contributed by atoms with Crippen molar-refractivity contribution >= 4 is 6.03 Å². The van der Waals surface area contributed by atoms with Crippen LogP contribution >= 0.6 is 0 Å². The van der Waals surface area contributed by atoms with Gasteiger partial charge in [0.1, 0.15) is 0 Å². The molecule has 1 aromatic heterocycles. The Morgan fingerprint density at radius 2 is 1.77 bits per heavy atom. The van der Waals surface area contributed by atoms with Gasteiger partial charge in [-0.05, 0) is 36.8 Å². The second kappa shape index (κ2) is 5.88. The number of aromatic nitrogens is 1. The van der Waals surface area contributed by atoms with Crippen LogP contribution in [-0.4, -0.2) is 65.0 Å². The molecule has 0 N–H and O–H groups in total. The number of likely N-dealkylation sites (tertiary alicyclic amines) is 3. The van der Waals surface area contributed by atoms with E-state index in [1.54, 1.807) is 0 Å². The first-order chi connectivity index (χ1) is 10.8. The summed E-state index contributed by atoms with van der Waals surface area (Å²) in [4.78, 5) is 23.5. The molecule has 4 rings (SSSR count). The third-order valence-electron chi connectivity index (χ3n) is 5.32. The number of fused-ring (bicyclic) bond motifs is 1. The van der Waals surface area contributed by atoms with Gasteiger partial charge >= 0.3 is 6.03 Å². The first-order valence-electron chi connectivity index (χ1n) is 8.46. The maximum Gasteiger partial charge on any atom is 0.320 e. The van der Waals surface area contributed by atoms with E-state index < -0.39 is 0 Å². The molecule has 3 aliphatic rings. The van der Waals surface area contributed by atoms with Crippen molar-refractivity contribution in [2.75, 3.05) is 39.3 Å². The molecule has 118 valence electrons. The summed E-state index contributed by atoms with van der Waals surface area (Å²) in [7, 11) is 0. The summed E-state index contributed by atoms with van der Waals surface area (Å²) in [6.07, 6.45) is 4.21. The van der Waals surface area contributed by atoms with Crippen molar-refractivity contribution in [2.24, 2.45) is 11.8 Å². The minimum Gasteiger partial charge on any atom is -0.325 e. The summed E-state index contributed by atoms with van der Waals surface area (Å²) < 4.78 is 0. The number of urea groups is 1. The standard InChI is InChI=1S/C17H24N4O/c22-17(20-7-3-4-8-20)21-11-14-9-19(10-15(14)12-21)13-16-5-1-2-6-18-16/h1-2,5-6,14-15H,3-4,7-13H2/t14-,15+. The van der Waals surface area contributed by atoms with Gasteiger partial charge in [0.15, 0.2) is 0 Å². The first-order valence-corrected chi connectivity index (χ1v) is 8.46. The number of carbonyl (C=O) groups excluding carboxylic acids is 1. The highest BCUT2D eigenvalue weighted by Crippen LogP contribution is 2.32. The van der Waals surface area contributed by atoms with E-state index in [0.29, 0.717) is 11.8 Å². The van der Waals surface area contributed by atoms with E-state index >= 15 is 0 Å². The molecule has 22 heavy (non-hydrogen) atoms. The predicted octanol–water partition coefficient (Wildman–Crippen LogP) is 1.66. The molecule has 0 unspecified atom stereocenters. The Morgan fingerprint density at radius 3 is 2.41 bits per heavy atom. The van der Waals surface area contributed by atoms with Gasteiger partial charge < -0.3 is 9.80 Å². The van der Waals surface area contributed by atoms with Gasteiger partial charge in [-0.15, -0.1) is 0 Å². The van der Waals surface area contributed by atoms with Crippen LogP contribution in [0, 0.1) is 11.8 Å². The summed E-state index contributed by atoms with van der Waals surface area (Å²) >= 11 is 0. The molecule has 3 aliphatic heterocycles. The first kappa shape index (κ1) is 14.0. The SMILES string of the molecule is O=C(N1CCCC1)N1C[C@H]2CN(Cc3ccccn3)C[C@H]2C1. The van der Waals surface area contributed by atoms with Gasteiger partial charge in [-0.2, -0.15) is 0 Å². The predicted molar refractivity (Wildman–Crippen MR) is 84.3 cm³/mol. The number of rotatable bonds is 2. The van der Waals surface area contributed by atoms with E-state index in [-0.39, 0.29) is 6.03 Å².